The molecule has 0 aromatic carbocycles. The topological polar surface area (TPSA) is 61.4 Å². The van der Waals surface area contributed by atoms with Gasteiger partial charge in [-0.05, 0) is 75.1 Å². The minimum Gasteiger partial charge on any atom is -0.354 e. The molecule has 6 heteroatoms. The molecule has 0 saturated carbocycles. The van der Waals surface area contributed by atoms with E-state index < -0.39 is 0 Å². The average Bonchev–Trinajstić information content (AvgIpc) is 2.73. The number of allylic oxidation sites excluding steroid dienone is 1. The number of pyridine rings is 2. The van der Waals surface area contributed by atoms with Gasteiger partial charge in [-0.2, -0.15) is 0 Å². The Morgan fingerprint density at radius 2 is 1.90 bits per heavy atom. The number of fused-ring (bicyclic) bond motifs is 1. The molecule has 30 heavy (non-hydrogen) atoms. The van der Waals surface area contributed by atoms with Crippen LogP contribution in [0.4, 0.5) is 11.6 Å². The van der Waals surface area contributed by atoms with Crippen LogP contribution in [0.1, 0.15) is 41.8 Å². The highest BCUT2D eigenvalue weighted by Crippen LogP contribution is 2.21. The summed E-state index contributed by atoms with van der Waals surface area (Å²) in [5, 5.41) is 2.87. The van der Waals surface area contributed by atoms with Gasteiger partial charge >= 0.3 is 0 Å². The van der Waals surface area contributed by atoms with Crippen molar-refractivity contribution in [3.8, 4) is 0 Å². The van der Waals surface area contributed by atoms with Crippen LogP contribution < -0.4 is 10.2 Å². The number of hydrogen-bond donors (Lipinski definition) is 1. The second-order valence-electron chi connectivity index (χ2n) is 8.31. The standard InChI is InChI=1S/C24H31N5O/c1-18-16-19(2)25-22(17-18)29-14-12-28(13-15-29)11-5-3-4-6-21-9-7-20-8-10-23(30)27-24(20)26-21/h4,6-7,9,16-17H,3,5,8,10-15H2,1-2H3,(H,26,27,30)/b6-4+. The highest BCUT2D eigenvalue weighted by Gasteiger charge is 2.18. The lowest BCUT2D eigenvalue weighted by molar-refractivity contribution is -0.116. The summed E-state index contributed by atoms with van der Waals surface area (Å²) < 4.78 is 0. The molecular formula is C24H31N5O. The van der Waals surface area contributed by atoms with E-state index >= 15 is 0 Å². The van der Waals surface area contributed by atoms with Crippen molar-refractivity contribution in [2.45, 2.75) is 39.5 Å². The van der Waals surface area contributed by atoms with Crippen LogP contribution in [0.2, 0.25) is 0 Å². The molecule has 4 heterocycles. The van der Waals surface area contributed by atoms with E-state index in [4.69, 9.17) is 4.98 Å². The van der Waals surface area contributed by atoms with Crippen LogP contribution in [-0.4, -0.2) is 53.5 Å². The third-order valence-corrected chi connectivity index (χ3v) is 5.79. The fraction of sp³-hybridized carbons (Fsp3) is 0.458. The lowest BCUT2D eigenvalue weighted by Crippen LogP contribution is -2.47. The predicted octanol–water partition coefficient (Wildman–Crippen LogP) is 3.59. The van der Waals surface area contributed by atoms with Crippen molar-refractivity contribution in [1.82, 2.24) is 14.9 Å². The van der Waals surface area contributed by atoms with E-state index in [-0.39, 0.29) is 5.91 Å². The summed E-state index contributed by atoms with van der Waals surface area (Å²) in [4.78, 5) is 25.7. The average molecular weight is 406 g/mol. The molecule has 0 aliphatic carbocycles. The molecule has 2 aliphatic rings. The van der Waals surface area contributed by atoms with E-state index in [2.05, 4.69) is 64.3 Å². The summed E-state index contributed by atoms with van der Waals surface area (Å²) in [5.74, 6) is 1.90. The Morgan fingerprint density at radius 3 is 2.70 bits per heavy atom. The Kier molecular flexibility index (Phi) is 6.43. The van der Waals surface area contributed by atoms with Gasteiger partial charge in [-0.1, -0.05) is 12.1 Å². The molecule has 1 saturated heterocycles. The predicted molar refractivity (Wildman–Crippen MR) is 122 cm³/mol. The fourth-order valence-electron chi connectivity index (χ4n) is 4.17. The second kappa shape index (κ2) is 9.39. The molecule has 0 radical (unpaired) electrons. The quantitative estimate of drug-likeness (QED) is 0.744. The Morgan fingerprint density at radius 1 is 1.07 bits per heavy atom. The molecule has 2 aromatic heterocycles. The van der Waals surface area contributed by atoms with Crippen LogP contribution in [0.3, 0.4) is 0 Å². The monoisotopic (exact) mass is 405 g/mol. The molecule has 2 aliphatic heterocycles. The molecule has 0 bridgehead atoms. The summed E-state index contributed by atoms with van der Waals surface area (Å²) >= 11 is 0. The highest BCUT2D eigenvalue weighted by molar-refractivity contribution is 5.92. The van der Waals surface area contributed by atoms with Gasteiger partial charge in [0.1, 0.15) is 11.6 Å². The minimum absolute atomic E-state index is 0.0598. The number of piperazine rings is 1. The first-order valence-electron chi connectivity index (χ1n) is 11.0. The molecule has 6 nitrogen and oxygen atoms in total. The van der Waals surface area contributed by atoms with Gasteiger partial charge in [0.15, 0.2) is 0 Å². The summed E-state index contributed by atoms with van der Waals surface area (Å²) in [6.07, 6.45) is 7.76. The summed E-state index contributed by atoms with van der Waals surface area (Å²) in [6, 6.07) is 8.43. The normalized spacial score (nSPS) is 17.3. The van der Waals surface area contributed by atoms with Crippen LogP contribution in [0.25, 0.3) is 6.08 Å². The Bertz CT molecular complexity index is 911. The number of aromatic nitrogens is 2. The van der Waals surface area contributed by atoms with Gasteiger partial charge in [-0.15, -0.1) is 0 Å². The Hall–Kier alpha value is -2.73. The number of unbranched alkanes of at least 4 members (excludes halogenated alkanes) is 1. The van der Waals surface area contributed by atoms with Gasteiger partial charge in [-0.25, -0.2) is 9.97 Å². The van der Waals surface area contributed by atoms with Crippen molar-refractivity contribution < 1.29 is 4.79 Å². The SMILES string of the molecule is Cc1cc(C)nc(N2CCN(CCC/C=C/c3ccc4c(n3)NC(=O)CC4)CC2)c1. The van der Waals surface area contributed by atoms with Crippen molar-refractivity contribution in [3.05, 3.63) is 52.9 Å². The smallest absolute Gasteiger partial charge is 0.225 e. The molecule has 0 atom stereocenters. The summed E-state index contributed by atoms with van der Waals surface area (Å²) in [6.45, 7) is 9.57. The maximum absolute atomic E-state index is 11.5. The van der Waals surface area contributed by atoms with E-state index in [9.17, 15) is 4.79 Å². The van der Waals surface area contributed by atoms with Gasteiger partial charge in [-0.3, -0.25) is 9.69 Å². The third kappa shape index (κ3) is 5.25. The Labute approximate surface area is 179 Å². The number of anilines is 2. The van der Waals surface area contributed by atoms with Crippen LogP contribution in [0.5, 0.6) is 0 Å². The van der Waals surface area contributed by atoms with Crippen LogP contribution in [-0.2, 0) is 11.2 Å². The molecule has 0 spiro atoms. The van der Waals surface area contributed by atoms with Gasteiger partial charge in [0.05, 0.1) is 5.69 Å². The number of hydrogen-bond acceptors (Lipinski definition) is 5. The van der Waals surface area contributed by atoms with Crippen molar-refractivity contribution in [2.75, 3.05) is 42.9 Å². The van der Waals surface area contributed by atoms with E-state index in [0.29, 0.717) is 6.42 Å². The number of amides is 1. The van der Waals surface area contributed by atoms with E-state index in [1.54, 1.807) is 0 Å². The van der Waals surface area contributed by atoms with Gasteiger partial charge in [0.25, 0.3) is 0 Å². The minimum atomic E-state index is 0.0598. The molecule has 0 unspecified atom stereocenters. The lowest BCUT2D eigenvalue weighted by atomic mass is 10.1. The highest BCUT2D eigenvalue weighted by atomic mass is 16.1. The van der Waals surface area contributed by atoms with Crippen molar-refractivity contribution in [1.29, 1.82) is 0 Å². The maximum atomic E-state index is 11.5. The molecule has 1 amide bonds. The first kappa shape index (κ1) is 20.5. The molecule has 2 aromatic rings. The largest absolute Gasteiger partial charge is 0.354 e. The number of nitrogens with one attached hydrogen (secondary N) is 1. The van der Waals surface area contributed by atoms with Crippen molar-refractivity contribution >= 4 is 23.6 Å². The number of aryl methyl sites for hydroxylation is 3. The second-order valence-corrected chi connectivity index (χ2v) is 8.31. The first-order chi connectivity index (χ1) is 14.6. The molecule has 158 valence electrons. The summed E-state index contributed by atoms with van der Waals surface area (Å²) in [7, 11) is 0. The fourth-order valence-corrected chi connectivity index (χ4v) is 4.17. The third-order valence-electron chi connectivity index (χ3n) is 5.79. The van der Waals surface area contributed by atoms with Gasteiger partial charge in [0, 0.05) is 38.3 Å². The molecule has 1 N–H and O–H groups in total. The zero-order valence-electron chi connectivity index (χ0n) is 18.0. The Balaban J connectivity index is 1.19. The number of rotatable bonds is 6. The first-order valence-corrected chi connectivity index (χ1v) is 11.0. The van der Waals surface area contributed by atoms with Crippen LogP contribution >= 0.6 is 0 Å². The van der Waals surface area contributed by atoms with Crippen molar-refractivity contribution in [2.24, 2.45) is 0 Å². The van der Waals surface area contributed by atoms with E-state index in [1.165, 1.54) is 5.56 Å². The molecule has 1 fully saturated rings. The summed E-state index contributed by atoms with van der Waals surface area (Å²) in [5.41, 5.74) is 4.41. The van der Waals surface area contributed by atoms with E-state index in [0.717, 1.165) is 80.6 Å². The maximum Gasteiger partial charge on any atom is 0.225 e. The van der Waals surface area contributed by atoms with Crippen LogP contribution in [0, 0.1) is 13.8 Å². The lowest BCUT2D eigenvalue weighted by Gasteiger charge is -2.35. The molecular weight excluding hydrogens is 374 g/mol. The van der Waals surface area contributed by atoms with Crippen LogP contribution in [0.15, 0.2) is 30.3 Å². The van der Waals surface area contributed by atoms with Gasteiger partial charge < -0.3 is 10.2 Å². The number of carbonyl (C=O) groups excluding carboxylic acids is 1. The number of carbonyl (C=O) groups is 1. The van der Waals surface area contributed by atoms with E-state index in [1.807, 2.05) is 6.07 Å². The zero-order valence-corrected chi connectivity index (χ0v) is 18.0. The molecule has 4 rings (SSSR count). The zero-order chi connectivity index (χ0) is 20.9. The van der Waals surface area contributed by atoms with Gasteiger partial charge in [0.2, 0.25) is 5.91 Å². The van der Waals surface area contributed by atoms with Crippen molar-refractivity contribution in [3.63, 3.8) is 0 Å². The number of nitrogens with zero attached hydrogens (tertiary/aromatic N) is 4.